The fourth-order valence-corrected chi connectivity index (χ4v) is 4.56. The number of methoxy groups -OCH3 is 1. The first-order valence-corrected chi connectivity index (χ1v) is 11.2. The van der Waals surface area contributed by atoms with Crippen LogP contribution in [0.25, 0.3) is 0 Å². The van der Waals surface area contributed by atoms with E-state index in [1.54, 1.807) is 54.5 Å². The molecule has 2 heterocycles. The molecule has 2 fully saturated rings. The molecule has 0 bridgehead atoms. The first-order chi connectivity index (χ1) is 16.0. The van der Waals surface area contributed by atoms with Gasteiger partial charge < -0.3 is 19.4 Å². The van der Waals surface area contributed by atoms with E-state index in [0.29, 0.717) is 69.1 Å². The molecular formula is C24H28N4O5. The van der Waals surface area contributed by atoms with E-state index in [1.165, 1.54) is 6.07 Å². The second-order valence-corrected chi connectivity index (χ2v) is 8.35. The Labute approximate surface area is 192 Å². The molecule has 0 radical (unpaired) electrons. The number of anilines is 1. The first-order valence-electron chi connectivity index (χ1n) is 11.2. The molecule has 0 saturated carbocycles. The highest BCUT2D eigenvalue weighted by Crippen LogP contribution is 2.31. The Balaban J connectivity index is 1.29. The second kappa shape index (κ2) is 9.89. The molecule has 2 aliphatic rings. The zero-order valence-corrected chi connectivity index (χ0v) is 18.7. The summed E-state index contributed by atoms with van der Waals surface area (Å²) in [5.41, 5.74) is 1.32. The number of nitrogens with zero attached hydrogens (tertiary/aromatic N) is 4. The minimum atomic E-state index is -0.362. The monoisotopic (exact) mass is 452 g/mol. The van der Waals surface area contributed by atoms with Gasteiger partial charge in [0.2, 0.25) is 5.91 Å². The molecule has 9 nitrogen and oxygen atoms in total. The molecule has 2 aromatic rings. The number of carbonyl (C=O) groups is 2. The summed E-state index contributed by atoms with van der Waals surface area (Å²) in [6, 6.07) is 13.8. The lowest BCUT2D eigenvalue weighted by molar-refractivity contribution is -0.384. The largest absolute Gasteiger partial charge is 0.497 e. The van der Waals surface area contributed by atoms with Crippen LogP contribution < -0.4 is 9.64 Å². The SMILES string of the molecule is COc1ccc(C(=O)N2CCN(C(=O)C3CCN(c4ccccc4[N+](=O)[O-])CC3)CC2)cc1. The number of ether oxygens (including phenoxy) is 1. The molecule has 9 heteroatoms. The van der Waals surface area contributed by atoms with Crippen molar-refractivity contribution in [2.24, 2.45) is 5.92 Å². The number of hydrogen-bond acceptors (Lipinski definition) is 6. The summed E-state index contributed by atoms with van der Waals surface area (Å²) in [7, 11) is 1.59. The summed E-state index contributed by atoms with van der Waals surface area (Å²) in [6.07, 6.45) is 1.33. The maximum absolute atomic E-state index is 13.1. The zero-order valence-electron chi connectivity index (χ0n) is 18.7. The maximum Gasteiger partial charge on any atom is 0.292 e. The molecule has 0 N–H and O–H groups in total. The van der Waals surface area contributed by atoms with E-state index in [0.717, 1.165) is 0 Å². The number of rotatable bonds is 5. The van der Waals surface area contributed by atoms with Gasteiger partial charge in [-0.25, -0.2) is 0 Å². The van der Waals surface area contributed by atoms with E-state index in [-0.39, 0.29) is 28.3 Å². The molecule has 0 spiro atoms. The summed E-state index contributed by atoms with van der Waals surface area (Å²) >= 11 is 0. The number of carbonyl (C=O) groups excluding carboxylic acids is 2. The number of benzene rings is 2. The van der Waals surface area contributed by atoms with Crippen molar-refractivity contribution in [3.05, 3.63) is 64.2 Å². The van der Waals surface area contributed by atoms with Crippen LogP contribution in [0.4, 0.5) is 11.4 Å². The lowest BCUT2D eigenvalue weighted by Crippen LogP contribution is -2.53. The normalized spacial score (nSPS) is 17.1. The van der Waals surface area contributed by atoms with Gasteiger partial charge in [-0.1, -0.05) is 12.1 Å². The molecule has 4 rings (SSSR count). The minimum Gasteiger partial charge on any atom is -0.497 e. The average Bonchev–Trinajstić information content (AvgIpc) is 2.88. The Morgan fingerprint density at radius 2 is 1.52 bits per heavy atom. The van der Waals surface area contributed by atoms with E-state index < -0.39 is 0 Å². The van der Waals surface area contributed by atoms with Crippen molar-refractivity contribution >= 4 is 23.2 Å². The Kier molecular flexibility index (Phi) is 6.76. The molecule has 2 aliphatic heterocycles. The third kappa shape index (κ3) is 4.92. The van der Waals surface area contributed by atoms with Crippen LogP contribution in [0.2, 0.25) is 0 Å². The summed E-state index contributed by atoms with van der Waals surface area (Å²) < 4.78 is 5.14. The quantitative estimate of drug-likeness (QED) is 0.511. The van der Waals surface area contributed by atoms with Crippen molar-refractivity contribution in [1.29, 1.82) is 0 Å². The highest BCUT2D eigenvalue weighted by atomic mass is 16.6. The van der Waals surface area contributed by atoms with Gasteiger partial charge in [-0.15, -0.1) is 0 Å². The number of nitro benzene ring substituents is 1. The Morgan fingerprint density at radius 1 is 0.909 bits per heavy atom. The van der Waals surface area contributed by atoms with Crippen molar-refractivity contribution < 1.29 is 19.2 Å². The third-order valence-electron chi connectivity index (χ3n) is 6.48. The molecule has 174 valence electrons. The lowest BCUT2D eigenvalue weighted by atomic mass is 9.94. The summed E-state index contributed by atoms with van der Waals surface area (Å²) in [6.45, 7) is 3.27. The maximum atomic E-state index is 13.1. The van der Waals surface area contributed by atoms with Crippen LogP contribution in [0.1, 0.15) is 23.2 Å². The molecule has 2 saturated heterocycles. The number of nitro groups is 1. The predicted octanol–water partition coefficient (Wildman–Crippen LogP) is 2.80. The summed E-state index contributed by atoms with van der Waals surface area (Å²) in [5, 5.41) is 11.3. The molecule has 0 atom stereocenters. The van der Waals surface area contributed by atoms with Gasteiger partial charge in [-0.2, -0.15) is 0 Å². The first kappa shape index (κ1) is 22.6. The fourth-order valence-electron chi connectivity index (χ4n) is 4.56. The molecule has 0 aromatic heterocycles. The summed E-state index contributed by atoms with van der Waals surface area (Å²) in [4.78, 5) is 42.4. The zero-order chi connectivity index (χ0) is 23.4. The number of piperazine rings is 1. The number of hydrogen-bond donors (Lipinski definition) is 0. The van der Waals surface area contributed by atoms with E-state index in [9.17, 15) is 19.7 Å². The highest BCUT2D eigenvalue weighted by molar-refractivity contribution is 5.94. The predicted molar refractivity (Wildman–Crippen MR) is 124 cm³/mol. The molecular weight excluding hydrogens is 424 g/mol. The second-order valence-electron chi connectivity index (χ2n) is 8.35. The van der Waals surface area contributed by atoms with Crippen LogP contribution in [0.3, 0.4) is 0 Å². The van der Waals surface area contributed by atoms with Gasteiger partial charge in [0.1, 0.15) is 11.4 Å². The highest BCUT2D eigenvalue weighted by Gasteiger charge is 2.32. The average molecular weight is 453 g/mol. The third-order valence-corrected chi connectivity index (χ3v) is 6.48. The van der Waals surface area contributed by atoms with Crippen molar-refractivity contribution in [2.45, 2.75) is 12.8 Å². The van der Waals surface area contributed by atoms with Gasteiger partial charge in [0.05, 0.1) is 12.0 Å². The topological polar surface area (TPSA) is 96.2 Å². The van der Waals surface area contributed by atoms with E-state index in [2.05, 4.69) is 0 Å². The van der Waals surface area contributed by atoms with Crippen molar-refractivity contribution in [3.8, 4) is 5.75 Å². The molecule has 0 unspecified atom stereocenters. The van der Waals surface area contributed by atoms with Crippen molar-refractivity contribution in [1.82, 2.24) is 9.80 Å². The Hall–Kier alpha value is -3.62. The van der Waals surface area contributed by atoms with Gasteiger partial charge in [0.15, 0.2) is 0 Å². The van der Waals surface area contributed by atoms with Crippen LogP contribution in [0.15, 0.2) is 48.5 Å². The molecule has 0 aliphatic carbocycles. The van der Waals surface area contributed by atoms with Gasteiger partial charge in [0, 0.05) is 56.8 Å². The van der Waals surface area contributed by atoms with Gasteiger partial charge in [0.25, 0.3) is 11.6 Å². The van der Waals surface area contributed by atoms with E-state index in [1.807, 2.05) is 9.80 Å². The van der Waals surface area contributed by atoms with Gasteiger partial charge in [-0.05, 0) is 43.2 Å². The van der Waals surface area contributed by atoms with E-state index in [4.69, 9.17) is 4.74 Å². The Bertz CT molecular complexity index is 1010. The number of para-hydroxylation sites is 2. The van der Waals surface area contributed by atoms with Crippen LogP contribution in [0.5, 0.6) is 5.75 Å². The lowest BCUT2D eigenvalue weighted by Gasteiger charge is -2.39. The van der Waals surface area contributed by atoms with E-state index >= 15 is 0 Å². The van der Waals surface area contributed by atoms with Crippen molar-refractivity contribution in [3.63, 3.8) is 0 Å². The summed E-state index contributed by atoms with van der Waals surface area (Å²) in [5.74, 6) is 0.694. The standard InChI is InChI=1S/C24H28N4O5/c1-33-20-8-6-18(7-9-20)23(29)26-14-16-27(17-15-26)24(30)19-10-12-25(13-11-19)21-4-2-3-5-22(21)28(31)32/h2-9,19H,10-17H2,1H3. The van der Waals surface area contributed by atoms with Gasteiger partial charge >= 0.3 is 0 Å². The van der Waals surface area contributed by atoms with Crippen LogP contribution in [0, 0.1) is 16.0 Å². The van der Waals surface area contributed by atoms with Crippen LogP contribution >= 0.6 is 0 Å². The molecule has 33 heavy (non-hydrogen) atoms. The minimum absolute atomic E-state index is 0.0393. The fraction of sp³-hybridized carbons (Fsp3) is 0.417. The molecule has 2 aromatic carbocycles. The number of piperidine rings is 1. The van der Waals surface area contributed by atoms with Crippen molar-refractivity contribution in [2.75, 3.05) is 51.3 Å². The number of amides is 2. The smallest absolute Gasteiger partial charge is 0.292 e. The van der Waals surface area contributed by atoms with Gasteiger partial charge in [-0.3, -0.25) is 19.7 Å². The van der Waals surface area contributed by atoms with Crippen LogP contribution in [-0.4, -0.2) is 72.9 Å². The van der Waals surface area contributed by atoms with Crippen LogP contribution in [-0.2, 0) is 4.79 Å². The Morgan fingerprint density at radius 3 is 2.12 bits per heavy atom. The molecule has 2 amide bonds.